The molecular weight excluding hydrogens is 278 g/mol. The highest BCUT2D eigenvalue weighted by Crippen LogP contribution is 2.24. The molecule has 1 rings (SSSR count). The van der Waals surface area contributed by atoms with E-state index in [0.717, 1.165) is 0 Å². The van der Waals surface area contributed by atoms with Crippen molar-refractivity contribution < 1.29 is 13.2 Å². The molecular formula is C13H23N3O3S. The quantitative estimate of drug-likeness (QED) is 0.659. The van der Waals surface area contributed by atoms with Gasteiger partial charge >= 0.3 is 0 Å². The number of nitrogen functional groups attached to an aromatic ring is 1. The zero-order valence-corrected chi connectivity index (χ0v) is 13.1. The van der Waals surface area contributed by atoms with Crippen LogP contribution in [0.15, 0.2) is 23.1 Å². The van der Waals surface area contributed by atoms with Gasteiger partial charge in [0.05, 0.1) is 28.9 Å². The molecule has 0 radical (unpaired) electrons. The van der Waals surface area contributed by atoms with Gasteiger partial charge in [-0.05, 0) is 31.2 Å². The molecule has 1 atom stereocenters. The summed E-state index contributed by atoms with van der Waals surface area (Å²) in [5.41, 5.74) is 7.00. The first-order chi connectivity index (χ1) is 9.31. The van der Waals surface area contributed by atoms with Crippen molar-refractivity contribution in [2.75, 3.05) is 31.8 Å². The number of hydrogen-bond donors (Lipinski definition) is 3. The Hall–Kier alpha value is -1.31. The summed E-state index contributed by atoms with van der Waals surface area (Å²) < 4.78 is 31.1. The maximum atomic E-state index is 11.8. The van der Waals surface area contributed by atoms with Gasteiger partial charge in [0, 0.05) is 7.11 Å². The molecule has 1 unspecified atom stereocenters. The molecule has 20 heavy (non-hydrogen) atoms. The molecule has 114 valence electrons. The Morgan fingerprint density at radius 1 is 1.35 bits per heavy atom. The minimum atomic E-state index is -3.48. The molecule has 4 N–H and O–H groups in total. The molecule has 1 aromatic rings. The number of benzene rings is 1. The van der Waals surface area contributed by atoms with Crippen molar-refractivity contribution >= 4 is 21.4 Å². The van der Waals surface area contributed by atoms with E-state index in [1.165, 1.54) is 19.2 Å². The number of rotatable bonds is 7. The van der Waals surface area contributed by atoms with E-state index >= 15 is 0 Å². The lowest BCUT2D eigenvalue weighted by Crippen LogP contribution is -2.31. The Labute approximate surface area is 120 Å². The van der Waals surface area contributed by atoms with Crippen LogP contribution in [0.25, 0.3) is 0 Å². The fourth-order valence-corrected chi connectivity index (χ4v) is 2.48. The van der Waals surface area contributed by atoms with Gasteiger partial charge in [-0.2, -0.15) is 0 Å². The predicted octanol–water partition coefficient (Wildman–Crippen LogP) is 1.26. The SMILES string of the molecule is CNS(=O)(=O)c1ccc(N)c(NC(COC)C(C)C)c1. The van der Waals surface area contributed by atoms with Crippen molar-refractivity contribution in [3.63, 3.8) is 0 Å². The van der Waals surface area contributed by atoms with Gasteiger partial charge in [0.1, 0.15) is 0 Å². The van der Waals surface area contributed by atoms with E-state index in [4.69, 9.17) is 10.5 Å². The summed E-state index contributed by atoms with van der Waals surface area (Å²) in [6.45, 7) is 4.63. The van der Waals surface area contributed by atoms with Crippen LogP contribution in [0.4, 0.5) is 11.4 Å². The topological polar surface area (TPSA) is 93.5 Å². The van der Waals surface area contributed by atoms with Gasteiger partial charge in [0.2, 0.25) is 10.0 Å². The average Bonchev–Trinajstić information content (AvgIpc) is 2.40. The van der Waals surface area contributed by atoms with Crippen molar-refractivity contribution in [3.8, 4) is 0 Å². The molecule has 1 aromatic carbocycles. The number of nitrogens with one attached hydrogen (secondary N) is 2. The van der Waals surface area contributed by atoms with Crippen molar-refractivity contribution in [1.29, 1.82) is 0 Å². The molecule has 0 amide bonds. The van der Waals surface area contributed by atoms with Crippen LogP contribution in [0.2, 0.25) is 0 Å². The van der Waals surface area contributed by atoms with Crippen molar-refractivity contribution in [1.82, 2.24) is 4.72 Å². The van der Waals surface area contributed by atoms with Gasteiger partial charge in [-0.15, -0.1) is 0 Å². The molecule has 0 saturated heterocycles. The van der Waals surface area contributed by atoms with E-state index < -0.39 is 10.0 Å². The molecule has 0 bridgehead atoms. The summed E-state index contributed by atoms with van der Waals surface area (Å²) in [7, 11) is -0.480. The first kappa shape index (κ1) is 16.7. The van der Waals surface area contributed by atoms with Gasteiger partial charge in [-0.25, -0.2) is 13.1 Å². The maximum Gasteiger partial charge on any atom is 0.240 e. The highest BCUT2D eigenvalue weighted by molar-refractivity contribution is 7.89. The largest absolute Gasteiger partial charge is 0.397 e. The minimum Gasteiger partial charge on any atom is -0.397 e. The van der Waals surface area contributed by atoms with Gasteiger partial charge < -0.3 is 15.8 Å². The number of sulfonamides is 1. The Morgan fingerprint density at radius 2 is 2.00 bits per heavy atom. The number of ether oxygens (including phenoxy) is 1. The normalized spacial score (nSPS) is 13.4. The predicted molar refractivity (Wildman–Crippen MR) is 81.2 cm³/mol. The summed E-state index contributed by atoms with van der Waals surface area (Å²) in [5, 5.41) is 3.24. The molecule has 7 heteroatoms. The summed E-state index contributed by atoms with van der Waals surface area (Å²) in [6.07, 6.45) is 0. The second kappa shape index (κ2) is 6.92. The zero-order chi connectivity index (χ0) is 15.3. The van der Waals surface area contributed by atoms with Crippen LogP contribution >= 0.6 is 0 Å². The molecule has 0 aromatic heterocycles. The van der Waals surface area contributed by atoms with Crippen molar-refractivity contribution in [2.24, 2.45) is 5.92 Å². The Kier molecular flexibility index (Phi) is 5.79. The molecule has 0 fully saturated rings. The molecule has 0 aliphatic heterocycles. The number of anilines is 2. The van der Waals surface area contributed by atoms with E-state index in [2.05, 4.69) is 23.9 Å². The second-order valence-electron chi connectivity index (χ2n) is 4.91. The standard InChI is InChI=1S/C13H23N3O3S/c1-9(2)13(8-19-4)16-12-7-10(5-6-11(12)14)20(17,18)15-3/h5-7,9,13,15-16H,8,14H2,1-4H3. The highest BCUT2D eigenvalue weighted by Gasteiger charge is 2.17. The first-order valence-electron chi connectivity index (χ1n) is 6.40. The van der Waals surface area contributed by atoms with E-state index in [1.807, 2.05) is 0 Å². The third kappa shape index (κ3) is 4.09. The average molecular weight is 301 g/mol. The molecule has 0 spiro atoms. The van der Waals surface area contributed by atoms with Crippen LogP contribution < -0.4 is 15.8 Å². The fourth-order valence-electron chi connectivity index (χ4n) is 1.73. The van der Waals surface area contributed by atoms with Crippen molar-refractivity contribution in [2.45, 2.75) is 24.8 Å². The summed E-state index contributed by atoms with van der Waals surface area (Å²) in [6, 6.07) is 4.64. The lowest BCUT2D eigenvalue weighted by molar-refractivity contribution is 0.171. The maximum absolute atomic E-state index is 11.8. The third-order valence-electron chi connectivity index (χ3n) is 3.10. The highest BCUT2D eigenvalue weighted by atomic mass is 32.2. The van der Waals surface area contributed by atoms with E-state index in [1.54, 1.807) is 13.2 Å². The first-order valence-corrected chi connectivity index (χ1v) is 7.88. The molecule has 0 heterocycles. The van der Waals surface area contributed by atoms with Crippen molar-refractivity contribution in [3.05, 3.63) is 18.2 Å². The summed E-state index contributed by atoms with van der Waals surface area (Å²) in [5.74, 6) is 0.318. The van der Waals surface area contributed by atoms with Gasteiger partial charge in [-0.1, -0.05) is 13.8 Å². The lowest BCUT2D eigenvalue weighted by atomic mass is 10.0. The Morgan fingerprint density at radius 3 is 2.50 bits per heavy atom. The van der Waals surface area contributed by atoms with E-state index in [0.29, 0.717) is 23.9 Å². The minimum absolute atomic E-state index is 0.0508. The fraction of sp³-hybridized carbons (Fsp3) is 0.538. The zero-order valence-electron chi connectivity index (χ0n) is 12.3. The van der Waals surface area contributed by atoms with Crippen LogP contribution in [0, 0.1) is 5.92 Å². The van der Waals surface area contributed by atoms with Crippen LogP contribution in [-0.4, -0.2) is 35.2 Å². The summed E-state index contributed by atoms with van der Waals surface area (Å²) in [4.78, 5) is 0.177. The number of methoxy groups -OCH3 is 1. The molecule has 0 saturated carbocycles. The van der Waals surface area contributed by atoms with Gasteiger partial charge in [-0.3, -0.25) is 0 Å². The summed E-state index contributed by atoms with van der Waals surface area (Å²) >= 11 is 0. The number of nitrogens with two attached hydrogens (primary N) is 1. The second-order valence-corrected chi connectivity index (χ2v) is 6.79. The van der Waals surface area contributed by atoms with Crippen LogP contribution in [0.3, 0.4) is 0 Å². The van der Waals surface area contributed by atoms with E-state index in [9.17, 15) is 8.42 Å². The van der Waals surface area contributed by atoms with Crippen LogP contribution in [-0.2, 0) is 14.8 Å². The third-order valence-corrected chi connectivity index (χ3v) is 4.51. The van der Waals surface area contributed by atoms with E-state index in [-0.39, 0.29) is 10.9 Å². The molecule has 0 aliphatic carbocycles. The Bertz CT molecular complexity index is 544. The molecule has 0 aliphatic rings. The van der Waals surface area contributed by atoms with Crippen LogP contribution in [0.1, 0.15) is 13.8 Å². The Balaban J connectivity index is 3.08. The lowest BCUT2D eigenvalue weighted by Gasteiger charge is -2.24. The monoisotopic (exact) mass is 301 g/mol. The van der Waals surface area contributed by atoms with Gasteiger partial charge in [0.15, 0.2) is 0 Å². The van der Waals surface area contributed by atoms with Crippen LogP contribution in [0.5, 0.6) is 0 Å². The molecule has 6 nitrogen and oxygen atoms in total. The smallest absolute Gasteiger partial charge is 0.240 e. The number of hydrogen-bond acceptors (Lipinski definition) is 5. The van der Waals surface area contributed by atoms with Gasteiger partial charge in [0.25, 0.3) is 0 Å².